The van der Waals surface area contributed by atoms with E-state index in [0.29, 0.717) is 0 Å². The van der Waals surface area contributed by atoms with Gasteiger partial charge in [-0.05, 0) is 6.42 Å². The molecule has 94 valence electrons. The second-order valence-corrected chi connectivity index (χ2v) is 3.05. The Bertz CT molecular complexity index is 279. The molecule has 3 nitrogen and oxygen atoms in total. The maximum Gasteiger partial charge on any atom is 0.465 e. The van der Waals surface area contributed by atoms with Gasteiger partial charge in [0.05, 0.1) is 0 Å². The van der Waals surface area contributed by atoms with Crippen LogP contribution < -0.4 is 0 Å². The molecule has 1 heterocycles. The third kappa shape index (κ3) is 1.72. The second-order valence-electron chi connectivity index (χ2n) is 3.05. The van der Waals surface area contributed by atoms with Crippen LogP contribution in [0.15, 0.2) is 0 Å². The normalized spacial score (nSPS) is 25.7. The SMILES string of the molecule is CCC1OC(C(F)(F)F)(C(F)(F)F)OC1=O. The van der Waals surface area contributed by atoms with E-state index in [9.17, 15) is 31.1 Å². The molecule has 1 saturated heterocycles. The van der Waals surface area contributed by atoms with Gasteiger partial charge in [0.25, 0.3) is 0 Å². The average molecular weight is 252 g/mol. The van der Waals surface area contributed by atoms with Gasteiger partial charge in [-0.15, -0.1) is 0 Å². The fourth-order valence-electron chi connectivity index (χ4n) is 1.14. The number of ether oxygens (including phenoxy) is 2. The Balaban J connectivity index is 3.16. The minimum atomic E-state index is -5.87. The van der Waals surface area contributed by atoms with Gasteiger partial charge >= 0.3 is 24.1 Å². The molecule has 0 aromatic carbocycles. The first-order valence-electron chi connectivity index (χ1n) is 4.09. The van der Waals surface area contributed by atoms with E-state index in [-0.39, 0.29) is 6.42 Å². The van der Waals surface area contributed by atoms with Crippen LogP contribution in [0.25, 0.3) is 0 Å². The number of hydrogen-bond donors (Lipinski definition) is 0. The highest BCUT2D eigenvalue weighted by Gasteiger charge is 2.80. The highest BCUT2D eigenvalue weighted by molar-refractivity contribution is 5.76. The third-order valence-electron chi connectivity index (χ3n) is 1.93. The molecule has 0 aromatic rings. The van der Waals surface area contributed by atoms with E-state index in [0.717, 1.165) is 0 Å². The number of halogens is 6. The summed E-state index contributed by atoms with van der Waals surface area (Å²) in [6, 6.07) is 0. The predicted molar refractivity (Wildman–Crippen MR) is 36.1 cm³/mol. The summed E-state index contributed by atoms with van der Waals surface area (Å²) in [5, 5.41) is 0. The summed E-state index contributed by atoms with van der Waals surface area (Å²) in [5.41, 5.74) is 0. The molecule has 0 saturated carbocycles. The van der Waals surface area contributed by atoms with Gasteiger partial charge in [-0.3, -0.25) is 0 Å². The van der Waals surface area contributed by atoms with E-state index < -0.39 is 30.2 Å². The Labute approximate surface area is 85.3 Å². The Morgan fingerprint density at radius 2 is 1.62 bits per heavy atom. The molecule has 1 atom stereocenters. The van der Waals surface area contributed by atoms with Crippen molar-refractivity contribution in [2.24, 2.45) is 0 Å². The van der Waals surface area contributed by atoms with Crippen LogP contribution in [0.2, 0.25) is 0 Å². The highest BCUT2D eigenvalue weighted by Crippen LogP contribution is 2.50. The van der Waals surface area contributed by atoms with E-state index in [1.165, 1.54) is 6.92 Å². The van der Waals surface area contributed by atoms with Crippen LogP contribution in [0, 0.1) is 0 Å². The van der Waals surface area contributed by atoms with Crippen molar-refractivity contribution in [2.75, 3.05) is 0 Å². The molecule has 1 rings (SSSR count). The number of hydrogen-bond acceptors (Lipinski definition) is 3. The lowest BCUT2D eigenvalue weighted by Gasteiger charge is -2.30. The maximum atomic E-state index is 12.3. The van der Waals surface area contributed by atoms with Crippen molar-refractivity contribution in [1.29, 1.82) is 0 Å². The zero-order valence-corrected chi connectivity index (χ0v) is 7.78. The lowest BCUT2D eigenvalue weighted by atomic mass is 10.2. The largest absolute Gasteiger partial charge is 0.465 e. The number of carbonyl (C=O) groups excluding carboxylic acids is 1. The van der Waals surface area contributed by atoms with Gasteiger partial charge in [0, 0.05) is 0 Å². The highest BCUT2D eigenvalue weighted by atomic mass is 19.4. The van der Waals surface area contributed by atoms with Crippen molar-refractivity contribution in [3.8, 4) is 0 Å². The minimum Gasteiger partial charge on any atom is -0.414 e. The van der Waals surface area contributed by atoms with Crippen molar-refractivity contribution < 1.29 is 40.6 Å². The molecule has 0 N–H and O–H groups in total. The first-order valence-corrected chi connectivity index (χ1v) is 4.09. The zero-order chi connectivity index (χ0) is 12.8. The van der Waals surface area contributed by atoms with Crippen LogP contribution in [0.3, 0.4) is 0 Å². The topological polar surface area (TPSA) is 35.5 Å². The molecule has 16 heavy (non-hydrogen) atoms. The number of esters is 1. The van der Waals surface area contributed by atoms with Crippen molar-refractivity contribution in [1.82, 2.24) is 0 Å². The van der Waals surface area contributed by atoms with Crippen LogP contribution in [-0.4, -0.2) is 30.2 Å². The summed E-state index contributed by atoms with van der Waals surface area (Å²) in [7, 11) is 0. The van der Waals surface area contributed by atoms with Crippen LogP contribution in [-0.2, 0) is 14.3 Å². The second kappa shape index (κ2) is 3.51. The molecule has 9 heteroatoms. The monoisotopic (exact) mass is 252 g/mol. The van der Waals surface area contributed by atoms with Crippen LogP contribution in [0.5, 0.6) is 0 Å². The summed E-state index contributed by atoms with van der Waals surface area (Å²) in [6.07, 6.45) is -13.9. The molecular formula is C7H6F6O3. The van der Waals surface area contributed by atoms with Gasteiger partial charge in [0.1, 0.15) is 0 Å². The molecule has 0 aliphatic carbocycles. The molecule has 1 fully saturated rings. The molecule has 1 aliphatic rings. The van der Waals surface area contributed by atoms with Gasteiger partial charge in [-0.2, -0.15) is 26.3 Å². The van der Waals surface area contributed by atoms with E-state index >= 15 is 0 Å². The quantitative estimate of drug-likeness (QED) is 0.530. The van der Waals surface area contributed by atoms with Gasteiger partial charge in [0.15, 0.2) is 6.10 Å². The summed E-state index contributed by atoms with van der Waals surface area (Å²) in [6.45, 7) is 1.20. The van der Waals surface area contributed by atoms with Gasteiger partial charge in [0.2, 0.25) is 0 Å². The average Bonchev–Trinajstić information content (AvgIpc) is 2.41. The smallest absolute Gasteiger partial charge is 0.414 e. The first kappa shape index (κ1) is 13.1. The minimum absolute atomic E-state index is 0.341. The summed E-state index contributed by atoms with van der Waals surface area (Å²) in [4.78, 5) is 10.8. The number of alkyl halides is 6. The zero-order valence-electron chi connectivity index (χ0n) is 7.78. The molecule has 1 aliphatic heterocycles. The molecule has 0 aromatic heterocycles. The molecular weight excluding hydrogens is 246 g/mol. The van der Waals surface area contributed by atoms with E-state index in [1.54, 1.807) is 0 Å². The number of cyclic esters (lactones) is 1. The Morgan fingerprint density at radius 3 is 1.81 bits per heavy atom. The van der Waals surface area contributed by atoms with Crippen molar-refractivity contribution >= 4 is 5.97 Å². The molecule has 0 radical (unpaired) electrons. The summed E-state index contributed by atoms with van der Waals surface area (Å²) >= 11 is 0. The van der Waals surface area contributed by atoms with Crippen molar-refractivity contribution in [3.63, 3.8) is 0 Å². The molecule has 0 amide bonds. The lowest BCUT2D eigenvalue weighted by Crippen LogP contribution is -2.58. The lowest BCUT2D eigenvalue weighted by molar-refractivity contribution is -0.439. The van der Waals surface area contributed by atoms with Gasteiger partial charge in [-0.1, -0.05) is 6.92 Å². The van der Waals surface area contributed by atoms with Crippen molar-refractivity contribution in [2.45, 2.75) is 37.6 Å². The summed E-state index contributed by atoms with van der Waals surface area (Å²) < 4.78 is 80.7. The maximum absolute atomic E-state index is 12.3. The Morgan fingerprint density at radius 1 is 1.19 bits per heavy atom. The fraction of sp³-hybridized carbons (Fsp3) is 0.857. The van der Waals surface area contributed by atoms with E-state index in [1.807, 2.05) is 0 Å². The number of carbonyl (C=O) groups is 1. The van der Waals surface area contributed by atoms with Gasteiger partial charge < -0.3 is 9.47 Å². The molecule has 1 unspecified atom stereocenters. The standard InChI is InChI=1S/C7H6F6O3/c1-2-3-4(14)16-5(15-3,6(8,9)10)7(11,12)13/h3H,2H2,1H3. The van der Waals surface area contributed by atoms with Crippen LogP contribution in [0.1, 0.15) is 13.3 Å². The van der Waals surface area contributed by atoms with E-state index in [4.69, 9.17) is 0 Å². The van der Waals surface area contributed by atoms with Crippen LogP contribution >= 0.6 is 0 Å². The number of rotatable bonds is 1. The molecule has 0 spiro atoms. The summed E-state index contributed by atoms with van der Waals surface area (Å²) in [5.74, 6) is -6.50. The van der Waals surface area contributed by atoms with E-state index in [2.05, 4.69) is 9.47 Å². The van der Waals surface area contributed by atoms with Crippen molar-refractivity contribution in [3.05, 3.63) is 0 Å². The Hall–Kier alpha value is -0.990. The third-order valence-corrected chi connectivity index (χ3v) is 1.93. The Kier molecular flexibility index (Phi) is 2.86. The predicted octanol–water partition coefficient (Wildman–Crippen LogP) is 2.16. The first-order chi connectivity index (χ1) is 7.05. The van der Waals surface area contributed by atoms with Crippen LogP contribution in [0.4, 0.5) is 26.3 Å². The van der Waals surface area contributed by atoms with Gasteiger partial charge in [-0.25, -0.2) is 4.79 Å². The molecule has 0 bridgehead atoms. The fourth-order valence-corrected chi connectivity index (χ4v) is 1.14.